The second-order valence-electron chi connectivity index (χ2n) is 5.25. The van der Waals surface area contributed by atoms with Crippen LogP contribution >= 0.6 is 0 Å². The Hall–Kier alpha value is -2.80. The van der Waals surface area contributed by atoms with Gasteiger partial charge in [0.25, 0.3) is 0 Å². The topological polar surface area (TPSA) is 76.1 Å². The van der Waals surface area contributed by atoms with Gasteiger partial charge in [-0.3, -0.25) is 4.98 Å². The Morgan fingerprint density at radius 1 is 1.09 bits per heavy atom. The van der Waals surface area contributed by atoms with E-state index in [0.29, 0.717) is 25.0 Å². The molecule has 3 aromatic rings. The Morgan fingerprint density at radius 2 is 1.96 bits per heavy atom. The predicted octanol–water partition coefficient (Wildman–Crippen LogP) is 2.00. The van der Waals surface area contributed by atoms with E-state index in [1.165, 1.54) is 0 Å². The van der Waals surface area contributed by atoms with E-state index in [1.807, 2.05) is 30.3 Å². The molecule has 1 saturated heterocycles. The quantitative estimate of drug-likeness (QED) is 0.793. The van der Waals surface area contributed by atoms with Gasteiger partial charge in [0, 0.05) is 24.7 Å². The van der Waals surface area contributed by atoms with E-state index >= 15 is 0 Å². The molecular weight excluding hydrogens is 292 g/mol. The molecule has 4 rings (SSSR count). The average Bonchev–Trinajstić information content (AvgIpc) is 2.63. The zero-order valence-electron chi connectivity index (χ0n) is 12.5. The molecule has 0 unspecified atom stereocenters. The molecule has 3 heterocycles. The molecule has 1 fully saturated rings. The van der Waals surface area contributed by atoms with Gasteiger partial charge in [-0.15, -0.1) is 5.10 Å². The standard InChI is InChI=1S/C16H16N6O/c1-3-12-4-2-6-17-15(12)13(5-1)19-14-11-18-21-16(20-14)22-7-9-23-10-8-22/h1-6,11H,7-10H2,(H,19,20,21). The SMILES string of the molecule is c1cnc2c(Nc3cnnc(N4CCOCC4)n3)cccc2c1. The third-order valence-electron chi connectivity index (χ3n) is 3.74. The van der Waals surface area contributed by atoms with E-state index in [-0.39, 0.29) is 0 Å². The van der Waals surface area contributed by atoms with Gasteiger partial charge in [-0.05, 0) is 12.1 Å². The number of fused-ring (bicyclic) bond motifs is 1. The van der Waals surface area contributed by atoms with Gasteiger partial charge in [0.2, 0.25) is 5.95 Å². The van der Waals surface area contributed by atoms with Crippen LogP contribution in [0.15, 0.2) is 42.7 Å². The number of nitrogens with one attached hydrogen (secondary N) is 1. The third kappa shape index (κ3) is 2.91. The van der Waals surface area contributed by atoms with Crippen LogP contribution < -0.4 is 10.2 Å². The van der Waals surface area contributed by atoms with Crippen LogP contribution in [0.25, 0.3) is 10.9 Å². The minimum absolute atomic E-state index is 0.617. The zero-order chi connectivity index (χ0) is 15.5. The summed E-state index contributed by atoms with van der Waals surface area (Å²) in [6.07, 6.45) is 3.40. The van der Waals surface area contributed by atoms with Crippen molar-refractivity contribution in [3.63, 3.8) is 0 Å². The van der Waals surface area contributed by atoms with Crippen LogP contribution in [0.1, 0.15) is 0 Å². The van der Waals surface area contributed by atoms with Crippen LogP contribution in [0.5, 0.6) is 0 Å². The van der Waals surface area contributed by atoms with Gasteiger partial charge in [0.05, 0.1) is 30.6 Å². The summed E-state index contributed by atoms with van der Waals surface area (Å²) in [4.78, 5) is 11.1. The fourth-order valence-corrected chi connectivity index (χ4v) is 2.59. The van der Waals surface area contributed by atoms with Gasteiger partial charge >= 0.3 is 0 Å². The predicted molar refractivity (Wildman–Crippen MR) is 87.9 cm³/mol. The molecule has 7 heteroatoms. The van der Waals surface area contributed by atoms with Crippen LogP contribution in [0.3, 0.4) is 0 Å². The van der Waals surface area contributed by atoms with Gasteiger partial charge in [0.15, 0.2) is 5.82 Å². The Labute approximate surface area is 133 Å². The lowest BCUT2D eigenvalue weighted by atomic mass is 10.2. The van der Waals surface area contributed by atoms with Crippen LogP contribution in [-0.2, 0) is 4.74 Å². The molecule has 23 heavy (non-hydrogen) atoms. The molecule has 2 aromatic heterocycles. The summed E-state index contributed by atoms with van der Waals surface area (Å²) in [5.74, 6) is 1.27. The lowest BCUT2D eigenvalue weighted by Gasteiger charge is -2.26. The van der Waals surface area contributed by atoms with Crippen molar-refractivity contribution in [3.05, 3.63) is 42.7 Å². The second-order valence-corrected chi connectivity index (χ2v) is 5.25. The highest BCUT2D eigenvalue weighted by atomic mass is 16.5. The van der Waals surface area contributed by atoms with Crippen molar-refractivity contribution >= 4 is 28.4 Å². The number of hydrogen-bond acceptors (Lipinski definition) is 7. The fraction of sp³-hybridized carbons (Fsp3) is 0.250. The smallest absolute Gasteiger partial charge is 0.247 e. The highest BCUT2D eigenvalue weighted by Gasteiger charge is 2.15. The number of morpholine rings is 1. The number of hydrogen-bond donors (Lipinski definition) is 1. The highest BCUT2D eigenvalue weighted by molar-refractivity contribution is 5.91. The highest BCUT2D eigenvalue weighted by Crippen LogP contribution is 2.24. The first-order valence-electron chi connectivity index (χ1n) is 7.53. The van der Waals surface area contributed by atoms with Crippen molar-refractivity contribution < 1.29 is 4.74 Å². The van der Waals surface area contributed by atoms with E-state index in [9.17, 15) is 0 Å². The third-order valence-corrected chi connectivity index (χ3v) is 3.74. The Kier molecular flexibility index (Phi) is 3.69. The number of pyridine rings is 1. The number of para-hydroxylation sites is 1. The van der Waals surface area contributed by atoms with Crippen molar-refractivity contribution in [1.82, 2.24) is 20.2 Å². The number of ether oxygens (including phenoxy) is 1. The molecule has 0 aliphatic carbocycles. The Balaban J connectivity index is 1.63. The first-order valence-corrected chi connectivity index (χ1v) is 7.53. The summed E-state index contributed by atoms with van der Waals surface area (Å²) in [5, 5.41) is 12.5. The largest absolute Gasteiger partial charge is 0.378 e. The van der Waals surface area contributed by atoms with Gasteiger partial charge in [-0.25, -0.2) is 0 Å². The number of nitrogens with zero attached hydrogens (tertiary/aromatic N) is 5. The molecule has 1 aromatic carbocycles. The van der Waals surface area contributed by atoms with Crippen LogP contribution in [0, 0.1) is 0 Å². The Bertz CT molecular complexity index is 813. The van der Waals surface area contributed by atoms with Crippen molar-refractivity contribution in [2.75, 3.05) is 36.5 Å². The van der Waals surface area contributed by atoms with E-state index in [4.69, 9.17) is 4.74 Å². The van der Waals surface area contributed by atoms with Gasteiger partial charge in [-0.1, -0.05) is 18.2 Å². The first kappa shape index (κ1) is 13.8. The number of aromatic nitrogens is 4. The molecule has 0 amide bonds. The number of anilines is 3. The summed E-state index contributed by atoms with van der Waals surface area (Å²) in [7, 11) is 0. The van der Waals surface area contributed by atoms with Crippen molar-refractivity contribution in [3.8, 4) is 0 Å². The number of benzene rings is 1. The van der Waals surface area contributed by atoms with Gasteiger partial charge in [0.1, 0.15) is 0 Å². The summed E-state index contributed by atoms with van der Waals surface area (Å²) in [5.41, 5.74) is 1.80. The monoisotopic (exact) mass is 308 g/mol. The van der Waals surface area contributed by atoms with E-state index in [0.717, 1.165) is 29.7 Å². The summed E-state index contributed by atoms with van der Waals surface area (Å²) >= 11 is 0. The molecule has 0 bridgehead atoms. The maximum Gasteiger partial charge on any atom is 0.247 e. The first-order chi connectivity index (χ1) is 11.4. The summed E-state index contributed by atoms with van der Waals surface area (Å²) in [6, 6.07) is 9.96. The van der Waals surface area contributed by atoms with Gasteiger partial charge in [-0.2, -0.15) is 10.1 Å². The molecule has 0 spiro atoms. The molecule has 7 nitrogen and oxygen atoms in total. The van der Waals surface area contributed by atoms with Crippen LogP contribution in [0.4, 0.5) is 17.5 Å². The van der Waals surface area contributed by atoms with Crippen molar-refractivity contribution in [2.45, 2.75) is 0 Å². The van der Waals surface area contributed by atoms with E-state index in [2.05, 4.69) is 30.4 Å². The molecule has 0 saturated carbocycles. The van der Waals surface area contributed by atoms with Crippen LogP contribution in [-0.4, -0.2) is 46.5 Å². The van der Waals surface area contributed by atoms with E-state index < -0.39 is 0 Å². The molecule has 0 radical (unpaired) electrons. The molecule has 1 N–H and O–H groups in total. The number of rotatable bonds is 3. The summed E-state index contributed by atoms with van der Waals surface area (Å²) < 4.78 is 5.35. The van der Waals surface area contributed by atoms with Crippen molar-refractivity contribution in [2.24, 2.45) is 0 Å². The minimum Gasteiger partial charge on any atom is -0.378 e. The van der Waals surface area contributed by atoms with Crippen molar-refractivity contribution in [1.29, 1.82) is 0 Å². The maximum atomic E-state index is 5.35. The molecule has 1 aliphatic rings. The normalized spacial score (nSPS) is 14.9. The maximum absolute atomic E-state index is 5.35. The fourth-order valence-electron chi connectivity index (χ4n) is 2.59. The second kappa shape index (κ2) is 6.13. The average molecular weight is 308 g/mol. The van der Waals surface area contributed by atoms with E-state index in [1.54, 1.807) is 12.4 Å². The zero-order valence-corrected chi connectivity index (χ0v) is 12.5. The molecule has 116 valence electrons. The minimum atomic E-state index is 0.617. The lowest BCUT2D eigenvalue weighted by Crippen LogP contribution is -2.37. The van der Waals surface area contributed by atoms with Gasteiger partial charge < -0.3 is 15.0 Å². The summed E-state index contributed by atoms with van der Waals surface area (Å²) in [6.45, 7) is 2.93. The van der Waals surface area contributed by atoms with Crippen LogP contribution in [0.2, 0.25) is 0 Å². The Morgan fingerprint density at radius 3 is 2.87 bits per heavy atom. The molecular formula is C16H16N6O. The lowest BCUT2D eigenvalue weighted by molar-refractivity contribution is 0.122. The molecule has 1 aliphatic heterocycles. The molecule has 0 atom stereocenters.